The second kappa shape index (κ2) is 6.60. The molecule has 1 aliphatic rings. The van der Waals surface area contributed by atoms with Crippen LogP contribution >= 0.6 is 0 Å². The van der Waals surface area contributed by atoms with Gasteiger partial charge in [-0.15, -0.1) is 0 Å². The quantitative estimate of drug-likeness (QED) is 0.721. The van der Waals surface area contributed by atoms with Crippen LogP contribution in [0.1, 0.15) is 34.1 Å². The Morgan fingerprint density at radius 2 is 2.10 bits per heavy atom. The lowest BCUT2D eigenvalue weighted by atomic mass is 9.94. The lowest BCUT2D eigenvalue weighted by Gasteiger charge is -2.34. The minimum atomic E-state index is -0.462. The largest absolute Gasteiger partial charge is 0.444 e. The van der Waals surface area contributed by atoms with Gasteiger partial charge in [0.2, 0.25) is 0 Å². The van der Waals surface area contributed by atoms with Gasteiger partial charge in [0.15, 0.2) is 0 Å². The Kier molecular flexibility index (Phi) is 5.37. The maximum Gasteiger partial charge on any atom is 0.410 e. The van der Waals surface area contributed by atoms with Crippen molar-refractivity contribution < 1.29 is 9.53 Å². The van der Waals surface area contributed by atoms with Gasteiger partial charge in [-0.1, -0.05) is 37.5 Å². The highest BCUT2D eigenvalue weighted by Crippen LogP contribution is 2.25. The Morgan fingerprint density at radius 3 is 2.55 bits per heavy atom. The fraction of sp³-hybridized carbons (Fsp3) is 0.471. The molecule has 1 aliphatic heterocycles. The summed E-state index contributed by atoms with van der Waals surface area (Å²) in [5, 5.41) is 0. The van der Waals surface area contributed by atoms with Gasteiger partial charge in [-0.2, -0.15) is 0 Å². The molecule has 1 atom stereocenters. The summed E-state index contributed by atoms with van der Waals surface area (Å²) in [6.45, 7) is 15.8. The highest BCUT2D eigenvalue weighted by Gasteiger charge is 2.28. The molecule has 0 aromatic heterocycles. The molecule has 0 aromatic rings. The summed E-state index contributed by atoms with van der Waals surface area (Å²) in [5.41, 5.74) is 1.80. The number of hydrogen-bond donors (Lipinski definition) is 0. The number of rotatable bonds is 3. The zero-order valence-electron chi connectivity index (χ0n) is 13.0. The first-order valence-corrected chi connectivity index (χ1v) is 6.92. The molecule has 1 heterocycles. The van der Waals surface area contributed by atoms with Crippen molar-refractivity contribution in [1.82, 2.24) is 4.90 Å². The first-order chi connectivity index (χ1) is 9.28. The molecule has 0 radical (unpaired) electrons. The molecule has 0 spiro atoms. The first kappa shape index (κ1) is 16.3. The van der Waals surface area contributed by atoms with Crippen molar-refractivity contribution in [2.75, 3.05) is 6.54 Å². The van der Waals surface area contributed by atoms with E-state index in [1.165, 1.54) is 5.57 Å². The van der Waals surface area contributed by atoms with E-state index in [4.69, 9.17) is 4.74 Å². The molecule has 1 unspecified atom stereocenters. The molecule has 0 aromatic carbocycles. The second-order valence-corrected chi connectivity index (χ2v) is 5.98. The topological polar surface area (TPSA) is 29.5 Å². The molecule has 0 saturated carbocycles. The molecule has 0 aliphatic carbocycles. The number of allylic oxidation sites excluding steroid dienone is 4. The number of nitrogens with zero attached hydrogens (tertiary/aromatic N) is 1. The van der Waals surface area contributed by atoms with Crippen LogP contribution in [0.5, 0.6) is 0 Å². The van der Waals surface area contributed by atoms with Crippen molar-refractivity contribution in [3.05, 3.63) is 48.6 Å². The van der Waals surface area contributed by atoms with Crippen LogP contribution in [0.2, 0.25) is 0 Å². The molecule has 110 valence electrons. The standard InChI is InChI=1S/C17H25NO2/c1-7-9-14(8-2)15-10-11-18(13(3)12-15)16(19)20-17(4,5)6/h7-10,13H,1-2,11-12H2,3-6H3/b14-9+. The number of ether oxygens (including phenoxy) is 1. The van der Waals surface area contributed by atoms with Gasteiger partial charge in [-0.25, -0.2) is 4.79 Å². The molecule has 1 rings (SSSR count). The van der Waals surface area contributed by atoms with Gasteiger partial charge in [-0.05, 0) is 45.3 Å². The van der Waals surface area contributed by atoms with E-state index in [9.17, 15) is 4.79 Å². The van der Waals surface area contributed by atoms with Crippen molar-refractivity contribution in [3.8, 4) is 0 Å². The molecular formula is C17H25NO2. The van der Waals surface area contributed by atoms with Crippen LogP contribution < -0.4 is 0 Å². The van der Waals surface area contributed by atoms with Crippen molar-refractivity contribution in [1.29, 1.82) is 0 Å². The molecule has 3 heteroatoms. The van der Waals surface area contributed by atoms with Crippen LogP contribution in [0.25, 0.3) is 0 Å². The summed E-state index contributed by atoms with van der Waals surface area (Å²) < 4.78 is 5.42. The average Bonchev–Trinajstić information content (AvgIpc) is 2.33. The van der Waals surface area contributed by atoms with Crippen LogP contribution in [-0.4, -0.2) is 29.2 Å². The lowest BCUT2D eigenvalue weighted by molar-refractivity contribution is 0.0192. The molecular weight excluding hydrogens is 250 g/mol. The summed E-state index contributed by atoms with van der Waals surface area (Å²) in [4.78, 5) is 13.9. The van der Waals surface area contributed by atoms with Crippen molar-refractivity contribution >= 4 is 6.09 Å². The fourth-order valence-electron chi connectivity index (χ4n) is 2.14. The third kappa shape index (κ3) is 4.41. The summed E-state index contributed by atoms with van der Waals surface area (Å²) in [5.74, 6) is 0. The van der Waals surface area contributed by atoms with E-state index < -0.39 is 5.60 Å². The Bertz CT molecular complexity index is 452. The predicted octanol–water partition coefficient (Wildman–Crippen LogP) is 4.24. The van der Waals surface area contributed by atoms with Crippen LogP contribution in [0.15, 0.2) is 48.6 Å². The Morgan fingerprint density at radius 1 is 1.45 bits per heavy atom. The highest BCUT2D eigenvalue weighted by molar-refractivity contribution is 5.69. The normalized spacial score (nSPS) is 20.2. The average molecular weight is 275 g/mol. The highest BCUT2D eigenvalue weighted by atomic mass is 16.6. The zero-order valence-corrected chi connectivity index (χ0v) is 13.0. The summed E-state index contributed by atoms with van der Waals surface area (Å²) >= 11 is 0. The van der Waals surface area contributed by atoms with Crippen LogP contribution in [0, 0.1) is 0 Å². The molecule has 0 saturated heterocycles. The number of hydrogen-bond acceptors (Lipinski definition) is 2. The molecule has 0 bridgehead atoms. The fourth-order valence-corrected chi connectivity index (χ4v) is 2.14. The monoisotopic (exact) mass is 275 g/mol. The number of carbonyl (C=O) groups excluding carboxylic acids is 1. The first-order valence-electron chi connectivity index (χ1n) is 6.92. The van der Waals surface area contributed by atoms with E-state index in [0.717, 1.165) is 12.0 Å². The Labute approximate surface area is 122 Å². The van der Waals surface area contributed by atoms with Gasteiger partial charge >= 0.3 is 6.09 Å². The summed E-state index contributed by atoms with van der Waals surface area (Å²) in [7, 11) is 0. The Balaban J connectivity index is 2.82. The lowest BCUT2D eigenvalue weighted by Crippen LogP contribution is -2.44. The minimum absolute atomic E-state index is 0.109. The maximum atomic E-state index is 12.1. The Hall–Kier alpha value is -1.77. The van der Waals surface area contributed by atoms with E-state index >= 15 is 0 Å². The molecule has 0 N–H and O–H groups in total. The smallest absolute Gasteiger partial charge is 0.410 e. The van der Waals surface area contributed by atoms with Gasteiger partial charge in [-0.3, -0.25) is 0 Å². The predicted molar refractivity (Wildman–Crippen MR) is 83.6 cm³/mol. The van der Waals surface area contributed by atoms with Gasteiger partial charge in [0, 0.05) is 12.6 Å². The number of amides is 1. The minimum Gasteiger partial charge on any atom is -0.444 e. The van der Waals surface area contributed by atoms with E-state index in [1.807, 2.05) is 39.8 Å². The van der Waals surface area contributed by atoms with Gasteiger partial charge in [0.05, 0.1) is 0 Å². The third-order valence-corrected chi connectivity index (χ3v) is 3.10. The van der Waals surface area contributed by atoms with E-state index in [0.29, 0.717) is 6.54 Å². The number of carbonyl (C=O) groups is 1. The van der Waals surface area contributed by atoms with Crippen molar-refractivity contribution in [2.45, 2.75) is 45.8 Å². The van der Waals surface area contributed by atoms with Crippen molar-refractivity contribution in [3.63, 3.8) is 0 Å². The summed E-state index contributed by atoms with van der Waals surface area (Å²) in [6, 6.07) is 0.109. The van der Waals surface area contributed by atoms with Crippen LogP contribution in [0.3, 0.4) is 0 Å². The SMILES string of the molecule is C=C/C=C(\C=C)C1=CCN(C(=O)OC(C)(C)C)C(C)C1. The molecule has 20 heavy (non-hydrogen) atoms. The summed E-state index contributed by atoms with van der Waals surface area (Å²) in [6.07, 6.45) is 8.11. The van der Waals surface area contributed by atoms with E-state index in [-0.39, 0.29) is 12.1 Å². The van der Waals surface area contributed by atoms with Gasteiger partial charge in [0.1, 0.15) is 5.60 Å². The molecule has 0 fully saturated rings. The van der Waals surface area contributed by atoms with E-state index in [2.05, 4.69) is 19.2 Å². The van der Waals surface area contributed by atoms with Crippen LogP contribution in [-0.2, 0) is 4.74 Å². The van der Waals surface area contributed by atoms with Gasteiger partial charge < -0.3 is 9.64 Å². The van der Waals surface area contributed by atoms with Crippen molar-refractivity contribution in [2.24, 2.45) is 0 Å². The maximum absolute atomic E-state index is 12.1. The molecule has 1 amide bonds. The van der Waals surface area contributed by atoms with Crippen LogP contribution in [0.4, 0.5) is 4.79 Å². The molecule has 3 nitrogen and oxygen atoms in total. The van der Waals surface area contributed by atoms with E-state index in [1.54, 1.807) is 11.0 Å². The second-order valence-electron chi connectivity index (χ2n) is 5.98. The van der Waals surface area contributed by atoms with Gasteiger partial charge in [0.25, 0.3) is 0 Å². The third-order valence-electron chi connectivity index (χ3n) is 3.10. The zero-order chi connectivity index (χ0) is 15.3.